The van der Waals surface area contributed by atoms with E-state index >= 15 is 0 Å². The number of unbranched alkanes of at least 4 members (excludes halogenated alkanes) is 1. The summed E-state index contributed by atoms with van der Waals surface area (Å²) in [6.45, 7) is 10.4. The van der Waals surface area contributed by atoms with Gasteiger partial charge in [0.2, 0.25) is 0 Å². The van der Waals surface area contributed by atoms with Crippen LogP contribution in [0.4, 0.5) is 4.79 Å². The van der Waals surface area contributed by atoms with Gasteiger partial charge in [0.05, 0.1) is 6.61 Å². The Morgan fingerprint density at radius 2 is 1.76 bits per heavy atom. The van der Waals surface area contributed by atoms with Crippen molar-refractivity contribution in [3.63, 3.8) is 0 Å². The van der Waals surface area contributed by atoms with Crippen molar-refractivity contribution in [3.8, 4) is 0 Å². The van der Waals surface area contributed by atoms with E-state index in [0.717, 1.165) is 38.5 Å². The minimum Gasteiger partial charge on any atom is -0.434 e. The number of hydrogen-bond donors (Lipinski definition) is 0. The number of rotatable bonds is 9. The molecule has 0 rings (SSSR count). The number of carbonyl (C=O) groups excluding carboxylic acids is 1. The van der Waals surface area contributed by atoms with Crippen molar-refractivity contribution >= 4 is 6.16 Å². The van der Waals surface area contributed by atoms with E-state index in [2.05, 4.69) is 27.4 Å². The van der Waals surface area contributed by atoms with Gasteiger partial charge in [-0.1, -0.05) is 46.6 Å². The molecule has 17 heavy (non-hydrogen) atoms. The first-order valence-electron chi connectivity index (χ1n) is 6.63. The summed E-state index contributed by atoms with van der Waals surface area (Å²) in [5.74, 6) is 0. The van der Waals surface area contributed by atoms with Crippen molar-refractivity contribution in [1.29, 1.82) is 0 Å². The predicted molar refractivity (Wildman–Crippen MR) is 70.1 cm³/mol. The fraction of sp³-hybridized carbons (Fsp3) is 0.786. The zero-order valence-corrected chi connectivity index (χ0v) is 11.5. The Bertz CT molecular complexity index is 218. The standard InChI is InChI=1S/C14H26O3/c1-5-9-12-16-13(15)17-14(8-4,10-6-2)11-7-3/h8H,4-7,9-12H2,1-3H3. The topological polar surface area (TPSA) is 35.5 Å². The summed E-state index contributed by atoms with van der Waals surface area (Å²) < 4.78 is 10.5. The highest BCUT2D eigenvalue weighted by Gasteiger charge is 2.29. The van der Waals surface area contributed by atoms with E-state index < -0.39 is 11.8 Å². The average molecular weight is 242 g/mol. The SMILES string of the molecule is C=CC(CCC)(CCC)OC(=O)OCCCC. The average Bonchev–Trinajstić information content (AvgIpc) is 2.30. The quantitative estimate of drug-likeness (QED) is 0.340. The van der Waals surface area contributed by atoms with Crippen molar-refractivity contribution in [1.82, 2.24) is 0 Å². The summed E-state index contributed by atoms with van der Waals surface area (Å²) in [5.41, 5.74) is -0.549. The molecule has 0 aliphatic rings. The van der Waals surface area contributed by atoms with Crippen LogP contribution in [0.3, 0.4) is 0 Å². The van der Waals surface area contributed by atoms with Crippen LogP contribution >= 0.6 is 0 Å². The first-order valence-corrected chi connectivity index (χ1v) is 6.63. The van der Waals surface area contributed by atoms with Crippen molar-refractivity contribution in [2.24, 2.45) is 0 Å². The van der Waals surface area contributed by atoms with E-state index in [4.69, 9.17) is 9.47 Å². The first kappa shape index (κ1) is 16.0. The molecule has 0 saturated heterocycles. The molecule has 0 atom stereocenters. The third-order valence-corrected chi connectivity index (χ3v) is 2.72. The molecule has 0 N–H and O–H groups in total. The number of carbonyl (C=O) groups is 1. The fourth-order valence-corrected chi connectivity index (χ4v) is 1.81. The van der Waals surface area contributed by atoms with Crippen LogP contribution in [0.25, 0.3) is 0 Å². The minimum atomic E-state index is -0.569. The summed E-state index contributed by atoms with van der Waals surface area (Å²) in [6, 6.07) is 0. The van der Waals surface area contributed by atoms with Crippen LogP contribution in [0.15, 0.2) is 12.7 Å². The van der Waals surface area contributed by atoms with Gasteiger partial charge >= 0.3 is 6.16 Å². The Morgan fingerprint density at radius 3 is 2.18 bits per heavy atom. The molecule has 3 nitrogen and oxygen atoms in total. The van der Waals surface area contributed by atoms with E-state index in [0.29, 0.717) is 6.61 Å². The van der Waals surface area contributed by atoms with Crippen LogP contribution in [-0.2, 0) is 9.47 Å². The summed E-state index contributed by atoms with van der Waals surface area (Å²) in [5, 5.41) is 0. The van der Waals surface area contributed by atoms with Crippen molar-refractivity contribution in [2.75, 3.05) is 6.61 Å². The number of hydrogen-bond acceptors (Lipinski definition) is 3. The predicted octanol–water partition coefficient (Wildman–Crippen LogP) is 4.46. The summed E-state index contributed by atoms with van der Waals surface area (Å²) in [7, 11) is 0. The molecule has 0 heterocycles. The van der Waals surface area contributed by atoms with E-state index in [1.807, 2.05) is 0 Å². The second kappa shape index (κ2) is 9.08. The Hall–Kier alpha value is -0.990. The third-order valence-electron chi connectivity index (χ3n) is 2.72. The molecule has 0 amide bonds. The molecule has 0 aromatic rings. The lowest BCUT2D eigenvalue weighted by Crippen LogP contribution is -2.33. The van der Waals surface area contributed by atoms with Crippen LogP contribution < -0.4 is 0 Å². The zero-order chi connectivity index (χ0) is 13.1. The van der Waals surface area contributed by atoms with E-state index in [1.54, 1.807) is 6.08 Å². The Labute approximate surface area is 105 Å². The monoisotopic (exact) mass is 242 g/mol. The van der Waals surface area contributed by atoms with Crippen LogP contribution in [0, 0.1) is 0 Å². The Balaban J connectivity index is 4.30. The van der Waals surface area contributed by atoms with Crippen molar-refractivity contribution in [2.45, 2.75) is 64.9 Å². The molecule has 0 aliphatic heterocycles. The van der Waals surface area contributed by atoms with Gasteiger partial charge in [-0.05, 0) is 25.3 Å². The van der Waals surface area contributed by atoms with Crippen LogP contribution in [0.5, 0.6) is 0 Å². The van der Waals surface area contributed by atoms with Crippen molar-refractivity contribution < 1.29 is 14.3 Å². The normalized spacial score (nSPS) is 11.0. The smallest absolute Gasteiger partial charge is 0.434 e. The second-order valence-corrected chi connectivity index (χ2v) is 4.32. The maximum absolute atomic E-state index is 11.5. The van der Waals surface area contributed by atoms with Gasteiger partial charge in [-0.3, -0.25) is 0 Å². The zero-order valence-electron chi connectivity index (χ0n) is 11.5. The minimum absolute atomic E-state index is 0.431. The van der Waals surface area contributed by atoms with Crippen LogP contribution in [0.2, 0.25) is 0 Å². The van der Waals surface area contributed by atoms with Crippen LogP contribution in [0.1, 0.15) is 59.3 Å². The summed E-state index contributed by atoms with van der Waals surface area (Å²) in [4.78, 5) is 11.5. The maximum Gasteiger partial charge on any atom is 0.509 e. The second-order valence-electron chi connectivity index (χ2n) is 4.32. The lowest BCUT2D eigenvalue weighted by Gasteiger charge is -2.29. The molecule has 0 fully saturated rings. The molecule has 0 unspecified atom stereocenters. The Kier molecular flexibility index (Phi) is 8.55. The lowest BCUT2D eigenvalue weighted by atomic mass is 9.93. The van der Waals surface area contributed by atoms with Gasteiger partial charge < -0.3 is 9.47 Å². The van der Waals surface area contributed by atoms with Gasteiger partial charge in [0.1, 0.15) is 5.60 Å². The summed E-state index contributed by atoms with van der Waals surface area (Å²) in [6.07, 6.45) is 6.55. The third kappa shape index (κ3) is 6.35. The van der Waals surface area contributed by atoms with Gasteiger partial charge in [-0.15, -0.1) is 0 Å². The number of ether oxygens (including phenoxy) is 2. The molecule has 3 heteroatoms. The molecular formula is C14H26O3. The molecule has 0 aromatic heterocycles. The molecule has 0 saturated carbocycles. The van der Waals surface area contributed by atoms with Crippen molar-refractivity contribution in [3.05, 3.63) is 12.7 Å². The van der Waals surface area contributed by atoms with Gasteiger partial charge in [0.25, 0.3) is 0 Å². The molecule has 0 bridgehead atoms. The van der Waals surface area contributed by atoms with Gasteiger partial charge in [0.15, 0.2) is 0 Å². The fourth-order valence-electron chi connectivity index (χ4n) is 1.81. The highest BCUT2D eigenvalue weighted by molar-refractivity contribution is 5.60. The first-order chi connectivity index (χ1) is 8.14. The lowest BCUT2D eigenvalue weighted by molar-refractivity contribution is -0.0194. The summed E-state index contributed by atoms with van der Waals surface area (Å²) >= 11 is 0. The molecule has 0 aliphatic carbocycles. The largest absolute Gasteiger partial charge is 0.509 e. The highest BCUT2D eigenvalue weighted by Crippen LogP contribution is 2.26. The van der Waals surface area contributed by atoms with Gasteiger partial charge in [-0.25, -0.2) is 4.79 Å². The Morgan fingerprint density at radius 1 is 1.18 bits per heavy atom. The van der Waals surface area contributed by atoms with E-state index in [9.17, 15) is 4.79 Å². The van der Waals surface area contributed by atoms with Gasteiger partial charge in [-0.2, -0.15) is 0 Å². The highest BCUT2D eigenvalue weighted by atomic mass is 16.7. The van der Waals surface area contributed by atoms with Crippen LogP contribution in [-0.4, -0.2) is 18.4 Å². The molecule has 0 radical (unpaired) electrons. The van der Waals surface area contributed by atoms with E-state index in [-0.39, 0.29) is 0 Å². The van der Waals surface area contributed by atoms with Gasteiger partial charge in [0, 0.05) is 0 Å². The molecule has 100 valence electrons. The van der Waals surface area contributed by atoms with E-state index in [1.165, 1.54) is 0 Å². The molecule has 0 spiro atoms. The molecule has 0 aromatic carbocycles. The molecular weight excluding hydrogens is 216 g/mol. The maximum atomic E-state index is 11.5.